The summed E-state index contributed by atoms with van der Waals surface area (Å²) >= 11 is 5.71. The van der Waals surface area contributed by atoms with E-state index >= 15 is 0 Å². The number of anilines is 1. The van der Waals surface area contributed by atoms with Crippen LogP contribution in [-0.4, -0.2) is 37.0 Å². The SMILES string of the molecule is CC1(O)CC(Nc2nnc(-c3ccc(Cl)c(F)c3O)c3ccncc23)C1. The third-order valence-corrected chi connectivity index (χ3v) is 4.91. The van der Waals surface area contributed by atoms with E-state index in [1.807, 2.05) is 0 Å². The molecule has 0 aliphatic heterocycles. The third-order valence-electron chi connectivity index (χ3n) is 4.62. The molecule has 0 spiro atoms. The van der Waals surface area contributed by atoms with Gasteiger partial charge in [0, 0.05) is 34.8 Å². The maximum absolute atomic E-state index is 14.0. The Hall–Kier alpha value is -2.51. The van der Waals surface area contributed by atoms with E-state index in [2.05, 4.69) is 20.5 Å². The van der Waals surface area contributed by atoms with Crippen LogP contribution in [0.4, 0.5) is 10.2 Å². The molecular weight excluding hydrogens is 359 g/mol. The van der Waals surface area contributed by atoms with Crippen molar-refractivity contribution in [3.8, 4) is 17.0 Å². The number of aromatic hydroxyl groups is 1. The summed E-state index contributed by atoms with van der Waals surface area (Å²) in [6.07, 6.45) is 4.45. The number of benzene rings is 1. The van der Waals surface area contributed by atoms with Crippen molar-refractivity contribution in [1.82, 2.24) is 15.2 Å². The zero-order valence-electron chi connectivity index (χ0n) is 13.9. The molecule has 0 unspecified atom stereocenters. The molecule has 1 aliphatic rings. The fraction of sp³-hybridized carbons (Fsp3) is 0.278. The maximum Gasteiger partial charge on any atom is 0.184 e. The van der Waals surface area contributed by atoms with Crippen molar-refractivity contribution < 1.29 is 14.6 Å². The smallest absolute Gasteiger partial charge is 0.184 e. The first kappa shape index (κ1) is 16.9. The van der Waals surface area contributed by atoms with Crippen molar-refractivity contribution in [2.75, 3.05) is 5.32 Å². The zero-order chi connectivity index (χ0) is 18.5. The van der Waals surface area contributed by atoms with Gasteiger partial charge in [0.2, 0.25) is 0 Å². The number of fused-ring (bicyclic) bond motifs is 1. The molecule has 0 amide bonds. The summed E-state index contributed by atoms with van der Waals surface area (Å²) in [6, 6.07) is 4.69. The van der Waals surface area contributed by atoms with Crippen LogP contribution in [0.2, 0.25) is 5.02 Å². The minimum absolute atomic E-state index is 0.0925. The van der Waals surface area contributed by atoms with E-state index in [4.69, 9.17) is 11.6 Å². The van der Waals surface area contributed by atoms with Crippen molar-refractivity contribution >= 4 is 28.2 Å². The Labute approximate surface area is 153 Å². The Morgan fingerprint density at radius 1 is 1.23 bits per heavy atom. The fourth-order valence-electron chi connectivity index (χ4n) is 3.33. The number of rotatable bonds is 3. The Morgan fingerprint density at radius 3 is 2.73 bits per heavy atom. The van der Waals surface area contributed by atoms with Gasteiger partial charge in [0.15, 0.2) is 17.4 Å². The van der Waals surface area contributed by atoms with Crippen molar-refractivity contribution in [1.29, 1.82) is 0 Å². The summed E-state index contributed by atoms with van der Waals surface area (Å²) in [7, 11) is 0. The summed E-state index contributed by atoms with van der Waals surface area (Å²) in [5.41, 5.74) is -0.124. The van der Waals surface area contributed by atoms with Crippen LogP contribution in [0.1, 0.15) is 19.8 Å². The van der Waals surface area contributed by atoms with Crippen LogP contribution in [0.15, 0.2) is 30.6 Å². The maximum atomic E-state index is 14.0. The highest BCUT2D eigenvalue weighted by molar-refractivity contribution is 6.31. The van der Waals surface area contributed by atoms with Crippen LogP contribution < -0.4 is 5.32 Å². The van der Waals surface area contributed by atoms with E-state index < -0.39 is 17.2 Å². The monoisotopic (exact) mass is 374 g/mol. The van der Waals surface area contributed by atoms with Gasteiger partial charge in [-0.15, -0.1) is 10.2 Å². The number of hydrogen-bond donors (Lipinski definition) is 3. The molecule has 1 aliphatic carbocycles. The number of aliphatic hydroxyl groups is 1. The Balaban J connectivity index is 1.79. The van der Waals surface area contributed by atoms with Crippen LogP contribution >= 0.6 is 11.6 Å². The molecule has 1 fully saturated rings. The molecule has 2 aromatic heterocycles. The molecule has 2 heterocycles. The number of aromatic nitrogens is 3. The second-order valence-electron chi connectivity index (χ2n) is 6.82. The molecule has 4 rings (SSSR count). The molecular formula is C18H16ClFN4O2. The molecule has 26 heavy (non-hydrogen) atoms. The van der Waals surface area contributed by atoms with Gasteiger partial charge in [0.1, 0.15) is 5.69 Å². The van der Waals surface area contributed by atoms with Gasteiger partial charge < -0.3 is 15.5 Å². The average Bonchev–Trinajstić information content (AvgIpc) is 2.59. The first-order chi connectivity index (χ1) is 12.4. The molecule has 0 saturated heterocycles. The van der Waals surface area contributed by atoms with Gasteiger partial charge in [-0.25, -0.2) is 4.39 Å². The lowest BCUT2D eigenvalue weighted by molar-refractivity contribution is -0.0235. The van der Waals surface area contributed by atoms with Gasteiger partial charge in [0.05, 0.1) is 10.6 Å². The van der Waals surface area contributed by atoms with E-state index in [9.17, 15) is 14.6 Å². The average molecular weight is 375 g/mol. The molecule has 3 N–H and O–H groups in total. The van der Waals surface area contributed by atoms with Crippen LogP contribution in [-0.2, 0) is 0 Å². The number of phenols is 1. The topological polar surface area (TPSA) is 91.2 Å². The van der Waals surface area contributed by atoms with Crippen molar-refractivity contribution in [2.24, 2.45) is 0 Å². The number of pyridine rings is 1. The Morgan fingerprint density at radius 2 is 2.00 bits per heavy atom. The fourth-order valence-corrected chi connectivity index (χ4v) is 3.48. The lowest BCUT2D eigenvalue weighted by Crippen LogP contribution is -2.48. The summed E-state index contributed by atoms with van der Waals surface area (Å²) in [6.45, 7) is 1.79. The Bertz CT molecular complexity index is 1000. The van der Waals surface area contributed by atoms with Crippen molar-refractivity contribution in [2.45, 2.75) is 31.4 Å². The first-order valence-corrected chi connectivity index (χ1v) is 8.50. The minimum Gasteiger partial charge on any atom is -0.504 e. The highest BCUT2D eigenvalue weighted by Crippen LogP contribution is 2.39. The van der Waals surface area contributed by atoms with Crippen LogP contribution in [0.3, 0.4) is 0 Å². The Kier molecular flexibility index (Phi) is 3.93. The van der Waals surface area contributed by atoms with Crippen LogP contribution in [0.25, 0.3) is 22.0 Å². The van der Waals surface area contributed by atoms with Crippen LogP contribution in [0, 0.1) is 5.82 Å². The molecule has 0 radical (unpaired) electrons. The standard InChI is InChI=1S/C18H16ClFN4O2/c1-18(26)6-9(7-18)22-17-12-8-21-5-4-10(12)15(23-24-17)11-2-3-13(19)14(20)16(11)25/h2-5,8-9,25-26H,6-7H2,1H3,(H,22,24). The van der Waals surface area contributed by atoms with E-state index in [1.165, 1.54) is 12.1 Å². The quantitative estimate of drug-likeness (QED) is 0.649. The van der Waals surface area contributed by atoms with Gasteiger partial charge in [-0.05, 0) is 38.0 Å². The van der Waals surface area contributed by atoms with Gasteiger partial charge >= 0.3 is 0 Å². The molecule has 1 aromatic carbocycles. The van der Waals surface area contributed by atoms with E-state index in [1.54, 1.807) is 25.4 Å². The number of nitrogens with zero attached hydrogens (tertiary/aromatic N) is 3. The lowest BCUT2D eigenvalue weighted by Gasteiger charge is -2.41. The van der Waals surface area contributed by atoms with E-state index in [-0.39, 0.29) is 16.6 Å². The van der Waals surface area contributed by atoms with E-state index in [0.717, 1.165) is 0 Å². The summed E-state index contributed by atoms with van der Waals surface area (Å²) in [5.74, 6) is -0.931. The highest BCUT2D eigenvalue weighted by atomic mass is 35.5. The molecule has 6 nitrogen and oxygen atoms in total. The molecule has 3 aromatic rings. The number of nitrogens with one attached hydrogen (secondary N) is 1. The number of phenolic OH excluding ortho intramolecular Hbond substituents is 1. The predicted octanol–water partition coefficient (Wildman–Crippen LogP) is 3.52. The third kappa shape index (κ3) is 2.83. The summed E-state index contributed by atoms with van der Waals surface area (Å²) in [5, 5.41) is 32.8. The van der Waals surface area contributed by atoms with Gasteiger partial charge in [-0.3, -0.25) is 4.98 Å². The van der Waals surface area contributed by atoms with E-state index in [0.29, 0.717) is 35.1 Å². The second-order valence-corrected chi connectivity index (χ2v) is 7.23. The van der Waals surface area contributed by atoms with Crippen LogP contribution in [0.5, 0.6) is 5.75 Å². The van der Waals surface area contributed by atoms with Gasteiger partial charge in [-0.1, -0.05) is 11.6 Å². The molecule has 134 valence electrons. The van der Waals surface area contributed by atoms with Gasteiger partial charge in [-0.2, -0.15) is 0 Å². The number of halogens is 2. The second kappa shape index (κ2) is 6.03. The number of hydrogen-bond acceptors (Lipinski definition) is 6. The lowest BCUT2D eigenvalue weighted by atomic mass is 9.77. The molecule has 8 heteroatoms. The van der Waals surface area contributed by atoms with Gasteiger partial charge in [0.25, 0.3) is 0 Å². The molecule has 0 atom stereocenters. The summed E-state index contributed by atoms with van der Waals surface area (Å²) in [4.78, 5) is 4.13. The highest BCUT2D eigenvalue weighted by Gasteiger charge is 2.38. The zero-order valence-corrected chi connectivity index (χ0v) is 14.6. The van der Waals surface area contributed by atoms with Crippen molar-refractivity contribution in [3.05, 3.63) is 41.4 Å². The largest absolute Gasteiger partial charge is 0.504 e. The minimum atomic E-state index is -0.896. The normalized spacial score (nSPS) is 22.2. The predicted molar refractivity (Wildman–Crippen MR) is 96.7 cm³/mol. The molecule has 0 bridgehead atoms. The first-order valence-electron chi connectivity index (χ1n) is 8.12. The van der Waals surface area contributed by atoms with Crippen molar-refractivity contribution in [3.63, 3.8) is 0 Å². The summed E-state index contributed by atoms with van der Waals surface area (Å²) < 4.78 is 14.0. The molecule has 1 saturated carbocycles.